The third-order valence-corrected chi connectivity index (χ3v) is 2.47. The van der Waals surface area contributed by atoms with Crippen molar-refractivity contribution in [1.29, 1.82) is 0 Å². The number of aromatic nitrogens is 4. The van der Waals surface area contributed by atoms with Crippen LogP contribution in [0, 0.1) is 0 Å². The Morgan fingerprint density at radius 1 is 1.31 bits per heavy atom. The standard InChI is InChI=1S/C8H8ClN5OS/c1-14(2)6-11-5(9)12-7(13-6)16-8-10-3-4-15-8/h3-4H,1-2H3. The molecule has 2 aromatic rings. The van der Waals surface area contributed by atoms with Crippen molar-refractivity contribution >= 4 is 29.3 Å². The fourth-order valence-electron chi connectivity index (χ4n) is 0.906. The molecule has 0 N–H and O–H groups in total. The number of nitrogens with zero attached hydrogens (tertiary/aromatic N) is 5. The Bertz CT molecular complexity index is 475. The van der Waals surface area contributed by atoms with Gasteiger partial charge >= 0.3 is 0 Å². The van der Waals surface area contributed by atoms with E-state index in [1.165, 1.54) is 18.0 Å². The van der Waals surface area contributed by atoms with E-state index >= 15 is 0 Å². The fraction of sp³-hybridized carbons (Fsp3) is 0.250. The molecule has 0 saturated carbocycles. The SMILES string of the molecule is CN(C)c1nc(Cl)nc(Sc2ncco2)n1. The summed E-state index contributed by atoms with van der Waals surface area (Å²) in [6, 6.07) is 0. The first-order valence-electron chi connectivity index (χ1n) is 4.31. The number of hydrogen-bond acceptors (Lipinski definition) is 7. The maximum atomic E-state index is 5.78. The Hall–Kier alpha value is -1.34. The van der Waals surface area contributed by atoms with Crippen LogP contribution in [0.2, 0.25) is 5.28 Å². The summed E-state index contributed by atoms with van der Waals surface area (Å²) in [7, 11) is 3.65. The summed E-state index contributed by atoms with van der Waals surface area (Å²) >= 11 is 6.97. The Balaban J connectivity index is 2.27. The molecule has 2 rings (SSSR count). The summed E-state index contributed by atoms with van der Waals surface area (Å²) in [5, 5.41) is 1.06. The zero-order valence-electron chi connectivity index (χ0n) is 8.59. The van der Waals surface area contributed by atoms with Gasteiger partial charge in [-0.15, -0.1) is 0 Å². The molecule has 0 aliphatic rings. The van der Waals surface area contributed by atoms with Gasteiger partial charge in [-0.05, 0) is 11.6 Å². The monoisotopic (exact) mass is 257 g/mol. The minimum Gasteiger partial charge on any atom is -0.440 e. The van der Waals surface area contributed by atoms with Crippen molar-refractivity contribution in [3.63, 3.8) is 0 Å². The number of anilines is 1. The topological polar surface area (TPSA) is 67.9 Å². The van der Waals surface area contributed by atoms with Crippen LogP contribution in [0.1, 0.15) is 0 Å². The second-order valence-electron chi connectivity index (χ2n) is 2.98. The third kappa shape index (κ3) is 2.61. The van der Waals surface area contributed by atoms with Crippen molar-refractivity contribution in [3.8, 4) is 0 Å². The summed E-state index contributed by atoms with van der Waals surface area (Å²) in [6.07, 6.45) is 3.04. The predicted molar refractivity (Wildman–Crippen MR) is 59.8 cm³/mol. The zero-order valence-corrected chi connectivity index (χ0v) is 10.2. The van der Waals surface area contributed by atoms with Crippen molar-refractivity contribution in [1.82, 2.24) is 19.9 Å². The van der Waals surface area contributed by atoms with Gasteiger partial charge in [0, 0.05) is 25.9 Å². The summed E-state index contributed by atoms with van der Waals surface area (Å²) in [4.78, 5) is 17.8. The highest BCUT2D eigenvalue weighted by atomic mass is 35.5. The minimum absolute atomic E-state index is 0.146. The van der Waals surface area contributed by atoms with Crippen LogP contribution in [0.4, 0.5) is 5.95 Å². The van der Waals surface area contributed by atoms with E-state index in [2.05, 4.69) is 19.9 Å². The van der Waals surface area contributed by atoms with Crippen LogP contribution in [-0.2, 0) is 0 Å². The van der Waals surface area contributed by atoms with Crippen LogP contribution in [0.15, 0.2) is 27.3 Å². The molecule has 16 heavy (non-hydrogen) atoms. The van der Waals surface area contributed by atoms with Gasteiger partial charge in [-0.25, -0.2) is 4.98 Å². The van der Waals surface area contributed by atoms with Crippen LogP contribution in [0.3, 0.4) is 0 Å². The van der Waals surface area contributed by atoms with Crippen molar-refractivity contribution in [2.75, 3.05) is 19.0 Å². The quantitative estimate of drug-likeness (QED) is 0.829. The Morgan fingerprint density at radius 2 is 2.12 bits per heavy atom. The molecule has 0 saturated heterocycles. The van der Waals surface area contributed by atoms with Crippen LogP contribution < -0.4 is 4.90 Å². The van der Waals surface area contributed by atoms with Gasteiger partial charge in [-0.2, -0.15) is 15.0 Å². The maximum Gasteiger partial charge on any atom is 0.263 e. The molecule has 0 fully saturated rings. The number of oxazole rings is 1. The average Bonchev–Trinajstić information content (AvgIpc) is 2.69. The molecule has 0 spiro atoms. The second kappa shape index (κ2) is 4.67. The van der Waals surface area contributed by atoms with Crippen LogP contribution in [0.25, 0.3) is 0 Å². The minimum atomic E-state index is 0.146. The van der Waals surface area contributed by atoms with Crippen molar-refractivity contribution in [2.45, 2.75) is 10.4 Å². The van der Waals surface area contributed by atoms with Crippen LogP contribution in [0.5, 0.6) is 0 Å². The molecule has 2 aromatic heterocycles. The molecule has 0 bridgehead atoms. The van der Waals surface area contributed by atoms with Gasteiger partial charge < -0.3 is 9.32 Å². The number of halogens is 1. The number of rotatable bonds is 3. The molecule has 2 heterocycles. The predicted octanol–water partition coefficient (Wildman–Crippen LogP) is 1.73. The van der Waals surface area contributed by atoms with E-state index in [4.69, 9.17) is 16.0 Å². The molecule has 6 nitrogen and oxygen atoms in total. The van der Waals surface area contributed by atoms with Crippen LogP contribution in [-0.4, -0.2) is 34.0 Å². The molecule has 0 aromatic carbocycles. The highest BCUT2D eigenvalue weighted by Crippen LogP contribution is 2.24. The van der Waals surface area contributed by atoms with Crippen molar-refractivity contribution < 1.29 is 4.42 Å². The summed E-state index contributed by atoms with van der Waals surface area (Å²) in [5.41, 5.74) is 0. The lowest BCUT2D eigenvalue weighted by Crippen LogP contribution is -2.13. The third-order valence-electron chi connectivity index (χ3n) is 1.56. The Labute approximate surface area is 101 Å². The second-order valence-corrected chi connectivity index (χ2v) is 4.24. The van der Waals surface area contributed by atoms with Gasteiger partial charge in [-0.1, -0.05) is 0 Å². The molecule has 0 atom stereocenters. The zero-order chi connectivity index (χ0) is 11.5. The summed E-state index contributed by atoms with van der Waals surface area (Å²) in [6.45, 7) is 0. The molecular formula is C8H8ClN5OS. The van der Waals surface area contributed by atoms with Crippen molar-refractivity contribution in [3.05, 3.63) is 17.7 Å². The highest BCUT2D eigenvalue weighted by molar-refractivity contribution is 7.98. The fourth-order valence-corrected chi connectivity index (χ4v) is 1.75. The smallest absolute Gasteiger partial charge is 0.263 e. The molecule has 0 unspecified atom stereocenters. The van der Waals surface area contributed by atoms with E-state index in [1.807, 2.05) is 14.1 Å². The molecule has 0 radical (unpaired) electrons. The van der Waals surface area contributed by atoms with E-state index in [0.29, 0.717) is 16.3 Å². The van der Waals surface area contributed by atoms with E-state index < -0.39 is 0 Å². The van der Waals surface area contributed by atoms with E-state index in [1.54, 1.807) is 11.1 Å². The van der Waals surface area contributed by atoms with E-state index in [-0.39, 0.29) is 5.28 Å². The molecule has 0 aliphatic carbocycles. The van der Waals surface area contributed by atoms with Gasteiger partial charge in [0.25, 0.3) is 5.22 Å². The van der Waals surface area contributed by atoms with Gasteiger partial charge in [0.1, 0.15) is 6.26 Å². The highest BCUT2D eigenvalue weighted by Gasteiger charge is 2.10. The molecule has 0 aliphatic heterocycles. The lowest BCUT2D eigenvalue weighted by atomic mass is 10.8. The summed E-state index contributed by atoms with van der Waals surface area (Å²) < 4.78 is 5.07. The average molecular weight is 258 g/mol. The van der Waals surface area contributed by atoms with Crippen molar-refractivity contribution in [2.24, 2.45) is 0 Å². The van der Waals surface area contributed by atoms with Gasteiger partial charge in [-0.3, -0.25) is 0 Å². The van der Waals surface area contributed by atoms with Gasteiger partial charge in [0.15, 0.2) is 0 Å². The first kappa shape index (κ1) is 11.2. The lowest BCUT2D eigenvalue weighted by molar-refractivity contribution is 0.453. The maximum absolute atomic E-state index is 5.78. The van der Waals surface area contributed by atoms with E-state index in [9.17, 15) is 0 Å². The molecule has 0 amide bonds. The van der Waals surface area contributed by atoms with E-state index in [0.717, 1.165) is 0 Å². The first-order valence-corrected chi connectivity index (χ1v) is 5.51. The number of hydrogen-bond donors (Lipinski definition) is 0. The molecule has 84 valence electrons. The molecular weight excluding hydrogens is 250 g/mol. The van der Waals surface area contributed by atoms with Crippen LogP contribution >= 0.6 is 23.4 Å². The van der Waals surface area contributed by atoms with Gasteiger partial charge in [0.2, 0.25) is 16.4 Å². The lowest BCUT2D eigenvalue weighted by Gasteiger charge is -2.09. The first-order chi connectivity index (χ1) is 7.65. The summed E-state index contributed by atoms with van der Waals surface area (Å²) in [5.74, 6) is 0.494. The Kier molecular flexibility index (Phi) is 3.25. The normalized spacial score (nSPS) is 10.4. The molecule has 8 heteroatoms. The Morgan fingerprint density at radius 3 is 2.75 bits per heavy atom. The van der Waals surface area contributed by atoms with Gasteiger partial charge in [0.05, 0.1) is 6.20 Å². The largest absolute Gasteiger partial charge is 0.440 e.